The Morgan fingerprint density at radius 1 is 1.21 bits per heavy atom. The molecular formula is C18H27FN2O3. The van der Waals surface area contributed by atoms with E-state index in [1.54, 1.807) is 26.8 Å². The molecular weight excluding hydrogens is 311 g/mol. The monoisotopic (exact) mass is 338 g/mol. The van der Waals surface area contributed by atoms with Gasteiger partial charge < -0.3 is 15.4 Å². The lowest BCUT2D eigenvalue weighted by Gasteiger charge is -2.35. The summed E-state index contributed by atoms with van der Waals surface area (Å²) in [6, 6.07) is 5.48. The molecule has 1 rings (SSSR count). The number of hydrogen-bond donors (Lipinski definition) is 2. The Balaban J connectivity index is 2.77. The normalized spacial score (nSPS) is 14.0. The van der Waals surface area contributed by atoms with Gasteiger partial charge in [0.2, 0.25) is 0 Å². The van der Waals surface area contributed by atoms with Crippen LogP contribution in [0.25, 0.3) is 0 Å². The Hall–Kier alpha value is -2.11. The Bertz CT molecular complexity index is 596. The molecule has 0 aliphatic carbocycles. The second kappa shape index (κ2) is 7.64. The SMILES string of the molecule is CC(C)C(C)(CNC(=O)OC(C)(C)C)NC(=O)c1cccc(F)c1. The van der Waals surface area contributed by atoms with Crippen LogP contribution in [-0.2, 0) is 4.74 Å². The lowest BCUT2D eigenvalue weighted by Crippen LogP contribution is -2.57. The van der Waals surface area contributed by atoms with Gasteiger partial charge in [0.1, 0.15) is 11.4 Å². The first-order valence-corrected chi connectivity index (χ1v) is 7.98. The number of alkyl carbamates (subject to hydrolysis) is 1. The van der Waals surface area contributed by atoms with Crippen molar-refractivity contribution in [1.82, 2.24) is 10.6 Å². The van der Waals surface area contributed by atoms with Gasteiger partial charge in [-0.2, -0.15) is 0 Å². The average Bonchev–Trinajstić information content (AvgIpc) is 2.43. The molecule has 0 saturated carbocycles. The van der Waals surface area contributed by atoms with Crippen LogP contribution in [0.2, 0.25) is 0 Å². The number of benzene rings is 1. The van der Waals surface area contributed by atoms with Crippen LogP contribution in [0.5, 0.6) is 0 Å². The number of ether oxygens (including phenoxy) is 1. The first-order chi connectivity index (χ1) is 10.9. The zero-order valence-corrected chi connectivity index (χ0v) is 15.2. The molecule has 1 atom stereocenters. The van der Waals surface area contributed by atoms with Crippen molar-refractivity contribution in [3.05, 3.63) is 35.6 Å². The van der Waals surface area contributed by atoms with Crippen molar-refractivity contribution in [2.75, 3.05) is 6.54 Å². The molecule has 24 heavy (non-hydrogen) atoms. The Labute approximate surface area is 143 Å². The zero-order chi connectivity index (χ0) is 18.5. The summed E-state index contributed by atoms with van der Waals surface area (Å²) in [5.41, 5.74) is -1.07. The largest absolute Gasteiger partial charge is 0.444 e. The Morgan fingerprint density at radius 3 is 2.33 bits per heavy atom. The molecule has 0 bridgehead atoms. The van der Waals surface area contributed by atoms with Gasteiger partial charge >= 0.3 is 6.09 Å². The van der Waals surface area contributed by atoms with Gasteiger partial charge in [0.15, 0.2) is 0 Å². The van der Waals surface area contributed by atoms with Gasteiger partial charge in [-0.25, -0.2) is 9.18 Å². The van der Waals surface area contributed by atoms with Gasteiger partial charge in [-0.3, -0.25) is 4.79 Å². The number of halogens is 1. The summed E-state index contributed by atoms with van der Waals surface area (Å²) < 4.78 is 18.5. The van der Waals surface area contributed by atoms with Crippen molar-refractivity contribution in [1.29, 1.82) is 0 Å². The van der Waals surface area contributed by atoms with Crippen LogP contribution in [-0.4, -0.2) is 29.7 Å². The fourth-order valence-corrected chi connectivity index (χ4v) is 1.92. The molecule has 0 aliphatic rings. The average molecular weight is 338 g/mol. The topological polar surface area (TPSA) is 67.4 Å². The maximum Gasteiger partial charge on any atom is 0.407 e. The molecule has 134 valence electrons. The number of hydrogen-bond acceptors (Lipinski definition) is 3. The van der Waals surface area contributed by atoms with E-state index in [2.05, 4.69) is 10.6 Å². The summed E-state index contributed by atoms with van der Waals surface area (Å²) in [5, 5.41) is 5.56. The highest BCUT2D eigenvalue weighted by Crippen LogP contribution is 2.17. The van der Waals surface area contributed by atoms with Crippen LogP contribution >= 0.6 is 0 Å². The first kappa shape index (κ1) is 19.9. The minimum atomic E-state index is -0.708. The van der Waals surface area contributed by atoms with E-state index < -0.39 is 29.0 Å². The van der Waals surface area contributed by atoms with E-state index in [4.69, 9.17) is 4.74 Å². The van der Waals surface area contributed by atoms with Gasteiger partial charge in [0.25, 0.3) is 5.91 Å². The molecule has 0 heterocycles. The lowest BCUT2D eigenvalue weighted by atomic mass is 9.88. The van der Waals surface area contributed by atoms with Gasteiger partial charge in [-0.15, -0.1) is 0 Å². The van der Waals surface area contributed by atoms with Crippen LogP contribution in [0.1, 0.15) is 51.9 Å². The summed E-state index contributed by atoms with van der Waals surface area (Å²) in [4.78, 5) is 24.2. The molecule has 6 heteroatoms. The third-order valence-corrected chi connectivity index (χ3v) is 3.76. The smallest absolute Gasteiger partial charge is 0.407 e. The van der Waals surface area contributed by atoms with Crippen LogP contribution in [0, 0.1) is 11.7 Å². The van der Waals surface area contributed by atoms with Crippen molar-refractivity contribution in [2.45, 2.75) is 52.7 Å². The zero-order valence-electron chi connectivity index (χ0n) is 15.2. The predicted octanol–water partition coefficient (Wildman–Crippen LogP) is 3.49. The van der Waals surface area contributed by atoms with Crippen LogP contribution in [0.15, 0.2) is 24.3 Å². The Morgan fingerprint density at radius 2 is 1.83 bits per heavy atom. The fraction of sp³-hybridized carbons (Fsp3) is 0.556. The predicted molar refractivity (Wildman–Crippen MR) is 91.3 cm³/mol. The molecule has 0 aliphatic heterocycles. The summed E-state index contributed by atoms with van der Waals surface area (Å²) in [7, 11) is 0. The quantitative estimate of drug-likeness (QED) is 0.863. The van der Waals surface area contributed by atoms with E-state index in [0.717, 1.165) is 0 Å². The van der Waals surface area contributed by atoms with Crippen molar-refractivity contribution in [3.8, 4) is 0 Å². The summed E-state index contributed by atoms with van der Waals surface area (Å²) in [5.74, 6) is -0.831. The van der Waals surface area contributed by atoms with Crippen molar-refractivity contribution in [3.63, 3.8) is 0 Å². The lowest BCUT2D eigenvalue weighted by molar-refractivity contribution is 0.0497. The maximum absolute atomic E-state index is 13.3. The van der Waals surface area contributed by atoms with Crippen LogP contribution < -0.4 is 10.6 Å². The second-order valence-corrected chi connectivity index (χ2v) is 7.39. The summed E-state index contributed by atoms with van der Waals surface area (Å²) in [6.07, 6.45) is -0.547. The molecule has 0 aromatic heterocycles. The van der Waals surface area contributed by atoms with E-state index in [0.29, 0.717) is 0 Å². The highest BCUT2D eigenvalue weighted by molar-refractivity contribution is 5.94. The van der Waals surface area contributed by atoms with E-state index in [1.807, 2.05) is 20.8 Å². The molecule has 0 fully saturated rings. The molecule has 0 radical (unpaired) electrons. The standard InChI is InChI=1S/C18H27FN2O3/c1-12(2)18(6,11-20-16(23)24-17(3,4)5)21-15(22)13-8-7-9-14(19)10-13/h7-10,12H,11H2,1-6H3,(H,20,23)(H,21,22). The first-order valence-electron chi connectivity index (χ1n) is 7.98. The van der Waals surface area contributed by atoms with Gasteiger partial charge in [0, 0.05) is 12.1 Å². The molecule has 1 aromatic carbocycles. The minimum Gasteiger partial charge on any atom is -0.444 e. The molecule has 1 aromatic rings. The highest BCUT2D eigenvalue weighted by atomic mass is 19.1. The van der Waals surface area contributed by atoms with Crippen LogP contribution in [0.4, 0.5) is 9.18 Å². The van der Waals surface area contributed by atoms with Gasteiger partial charge in [-0.1, -0.05) is 19.9 Å². The number of nitrogens with one attached hydrogen (secondary N) is 2. The third-order valence-electron chi connectivity index (χ3n) is 3.76. The fourth-order valence-electron chi connectivity index (χ4n) is 1.92. The van der Waals surface area contributed by atoms with Crippen molar-refractivity contribution < 1.29 is 18.7 Å². The van der Waals surface area contributed by atoms with E-state index in [-0.39, 0.29) is 18.0 Å². The summed E-state index contributed by atoms with van der Waals surface area (Å²) in [6.45, 7) is 11.2. The molecule has 0 spiro atoms. The summed E-state index contributed by atoms with van der Waals surface area (Å²) >= 11 is 0. The number of carbonyl (C=O) groups is 2. The third kappa shape index (κ3) is 6.18. The number of amides is 2. The van der Waals surface area contributed by atoms with Crippen LogP contribution in [0.3, 0.4) is 0 Å². The highest BCUT2D eigenvalue weighted by Gasteiger charge is 2.31. The van der Waals surface area contributed by atoms with Gasteiger partial charge in [-0.05, 0) is 51.8 Å². The van der Waals surface area contributed by atoms with E-state index >= 15 is 0 Å². The maximum atomic E-state index is 13.3. The van der Waals surface area contributed by atoms with Crippen molar-refractivity contribution in [2.24, 2.45) is 5.92 Å². The molecule has 1 unspecified atom stereocenters. The number of carbonyl (C=O) groups excluding carboxylic acids is 2. The van der Waals surface area contributed by atoms with Gasteiger partial charge in [0.05, 0.1) is 5.54 Å². The number of rotatable bonds is 5. The molecule has 0 saturated heterocycles. The van der Waals surface area contributed by atoms with Crippen molar-refractivity contribution >= 4 is 12.0 Å². The second-order valence-electron chi connectivity index (χ2n) is 7.39. The molecule has 2 N–H and O–H groups in total. The van der Waals surface area contributed by atoms with E-state index in [9.17, 15) is 14.0 Å². The van der Waals surface area contributed by atoms with E-state index in [1.165, 1.54) is 18.2 Å². The Kier molecular flexibility index (Phi) is 6.35. The molecule has 5 nitrogen and oxygen atoms in total. The minimum absolute atomic E-state index is 0.0324. The molecule has 2 amide bonds.